The van der Waals surface area contributed by atoms with Crippen molar-refractivity contribution in [1.82, 2.24) is 4.90 Å². The van der Waals surface area contributed by atoms with Gasteiger partial charge in [0.05, 0.1) is 5.56 Å². The van der Waals surface area contributed by atoms with E-state index < -0.39 is 35.4 Å². The smallest absolute Gasteiger partial charge is 0.416 e. The molecule has 0 bridgehead atoms. The van der Waals surface area contributed by atoms with Crippen LogP contribution in [0.25, 0.3) is 0 Å². The van der Waals surface area contributed by atoms with Crippen LogP contribution in [0.4, 0.5) is 18.0 Å². The summed E-state index contributed by atoms with van der Waals surface area (Å²) in [5.74, 6) is -1.33. The molecule has 1 rings (SSSR count). The molecule has 24 heavy (non-hydrogen) atoms. The number of rotatable bonds is 4. The van der Waals surface area contributed by atoms with Crippen LogP contribution in [0.1, 0.15) is 31.9 Å². The van der Waals surface area contributed by atoms with Gasteiger partial charge in [-0.15, -0.1) is 0 Å². The number of aliphatic carboxylic acids is 1. The number of carbonyl (C=O) groups excluding carboxylic acids is 1. The zero-order chi connectivity index (χ0) is 18.7. The number of hydrogen-bond donors (Lipinski definition) is 1. The highest BCUT2D eigenvalue weighted by atomic mass is 19.4. The summed E-state index contributed by atoms with van der Waals surface area (Å²) >= 11 is 0. The number of carbonyl (C=O) groups is 2. The average molecular weight is 347 g/mol. The van der Waals surface area contributed by atoms with Crippen LogP contribution in [0, 0.1) is 0 Å². The maximum absolute atomic E-state index is 12.7. The topological polar surface area (TPSA) is 66.8 Å². The van der Waals surface area contributed by atoms with Crippen molar-refractivity contribution in [3.8, 4) is 0 Å². The first-order valence-electron chi connectivity index (χ1n) is 7.16. The minimum atomic E-state index is -4.52. The highest BCUT2D eigenvalue weighted by Crippen LogP contribution is 2.30. The van der Waals surface area contributed by atoms with Gasteiger partial charge in [0.15, 0.2) is 0 Å². The van der Waals surface area contributed by atoms with Gasteiger partial charge in [-0.25, -0.2) is 9.59 Å². The van der Waals surface area contributed by atoms with E-state index in [1.807, 2.05) is 0 Å². The van der Waals surface area contributed by atoms with Crippen LogP contribution in [0.15, 0.2) is 24.3 Å². The van der Waals surface area contributed by atoms with E-state index >= 15 is 0 Å². The highest BCUT2D eigenvalue weighted by Gasteiger charge is 2.33. The van der Waals surface area contributed by atoms with E-state index in [2.05, 4.69) is 0 Å². The molecule has 0 heterocycles. The maximum atomic E-state index is 12.7. The van der Waals surface area contributed by atoms with Crippen LogP contribution in [-0.4, -0.2) is 40.8 Å². The summed E-state index contributed by atoms with van der Waals surface area (Å²) in [4.78, 5) is 24.3. The van der Waals surface area contributed by atoms with Gasteiger partial charge in [-0.05, 0) is 32.4 Å². The van der Waals surface area contributed by atoms with Crippen LogP contribution >= 0.6 is 0 Å². The largest absolute Gasteiger partial charge is 0.480 e. The fraction of sp³-hybridized carbons (Fsp3) is 0.500. The summed E-state index contributed by atoms with van der Waals surface area (Å²) in [6.45, 7) is 4.88. The van der Waals surface area contributed by atoms with E-state index in [0.717, 1.165) is 17.0 Å². The van der Waals surface area contributed by atoms with Crippen molar-refractivity contribution in [2.75, 3.05) is 7.05 Å². The second-order valence-electron chi connectivity index (χ2n) is 6.35. The summed E-state index contributed by atoms with van der Waals surface area (Å²) < 4.78 is 43.3. The van der Waals surface area contributed by atoms with E-state index in [-0.39, 0.29) is 12.0 Å². The third-order valence-corrected chi connectivity index (χ3v) is 3.12. The van der Waals surface area contributed by atoms with Gasteiger partial charge in [-0.2, -0.15) is 13.2 Å². The predicted octanol–water partition coefficient (Wildman–Crippen LogP) is 3.57. The van der Waals surface area contributed by atoms with E-state index in [1.54, 1.807) is 20.8 Å². The molecule has 1 N–H and O–H groups in total. The first-order chi connectivity index (χ1) is 10.8. The van der Waals surface area contributed by atoms with Crippen LogP contribution < -0.4 is 0 Å². The lowest BCUT2D eigenvalue weighted by Crippen LogP contribution is -2.46. The van der Waals surface area contributed by atoms with Crippen molar-refractivity contribution in [3.63, 3.8) is 0 Å². The van der Waals surface area contributed by atoms with E-state index in [1.165, 1.54) is 19.2 Å². The molecule has 0 saturated heterocycles. The van der Waals surface area contributed by atoms with Crippen LogP contribution in [-0.2, 0) is 22.1 Å². The summed E-state index contributed by atoms with van der Waals surface area (Å²) in [5.41, 5.74) is -1.53. The Hall–Kier alpha value is -2.25. The minimum Gasteiger partial charge on any atom is -0.480 e. The van der Waals surface area contributed by atoms with E-state index in [0.29, 0.717) is 0 Å². The molecule has 1 atom stereocenters. The predicted molar refractivity (Wildman–Crippen MR) is 80.6 cm³/mol. The first kappa shape index (κ1) is 19.8. The molecule has 0 fully saturated rings. The standard InChI is InChI=1S/C16H20F3NO4/c1-15(2,3)24-14(23)20(4)12(13(21)22)9-10-6-5-7-11(8-10)16(17,18)19/h5-8,12H,9H2,1-4H3,(H,21,22). The first-order valence-corrected chi connectivity index (χ1v) is 7.16. The van der Waals surface area contributed by atoms with Crippen molar-refractivity contribution in [1.29, 1.82) is 0 Å². The summed E-state index contributed by atoms with van der Waals surface area (Å²) in [6.07, 6.45) is -5.65. The minimum absolute atomic E-state index is 0.160. The number of hydrogen-bond acceptors (Lipinski definition) is 3. The molecule has 1 aromatic rings. The Morgan fingerprint density at radius 1 is 1.25 bits per heavy atom. The second-order valence-corrected chi connectivity index (χ2v) is 6.35. The highest BCUT2D eigenvalue weighted by molar-refractivity contribution is 5.80. The molecule has 8 heteroatoms. The Morgan fingerprint density at radius 2 is 1.83 bits per heavy atom. The van der Waals surface area contributed by atoms with Crippen LogP contribution in [0.3, 0.4) is 0 Å². The number of ether oxygens (including phenoxy) is 1. The normalized spacial score (nSPS) is 13.3. The van der Waals surface area contributed by atoms with Crippen molar-refractivity contribution in [3.05, 3.63) is 35.4 Å². The molecule has 134 valence electrons. The Labute approximate surface area is 138 Å². The van der Waals surface area contributed by atoms with Crippen LogP contribution in [0.2, 0.25) is 0 Å². The number of alkyl halides is 3. The summed E-state index contributed by atoms with van der Waals surface area (Å²) in [7, 11) is 1.24. The van der Waals surface area contributed by atoms with Gasteiger partial charge in [-0.3, -0.25) is 4.90 Å². The SMILES string of the molecule is CN(C(=O)OC(C)(C)C)C(Cc1cccc(C(F)(F)F)c1)C(=O)O. The number of carboxylic acids is 1. The third-order valence-electron chi connectivity index (χ3n) is 3.12. The fourth-order valence-electron chi connectivity index (χ4n) is 1.95. The molecule has 5 nitrogen and oxygen atoms in total. The van der Waals surface area contributed by atoms with Gasteiger partial charge < -0.3 is 9.84 Å². The second kappa shape index (κ2) is 7.11. The number of amides is 1. The fourth-order valence-corrected chi connectivity index (χ4v) is 1.95. The van der Waals surface area contributed by atoms with Gasteiger partial charge in [0.2, 0.25) is 0 Å². The average Bonchev–Trinajstić information content (AvgIpc) is 2.41. The van der Waals surface area contributed by atoms with Crippen molar-refractivity contribution in [2.24, 2.45) is 0 Å². The van der Waals surface area contributed by atoms with Crippen molar-refractivity contribution in [2.45, 2.75) is 45.0 Å². The lowest BCUT2D eigenvalue weighted by molar-refractivity contribution is -0.142. The monoisotopic (exact) mass is 347 g/mol. The lowest BCUT2D eigenvalue weighted by atomic mass is 10.0. The Bertz CT molecular complexity index is 608. The Kier molecular flexibility index (Phi) is 5.86. The molecule has 1 aromatic carbocycles. The Morgan fingerprint density at radius 3 is 2.29 bits per heavy atom. The molecule has 0 aromatic heterocycles. The molecule has 1 amide bonds. The zero-order valence-electron chi connectivity index (χ0n) is 13.8. The van der Waals surface area contributed by atoms with Crippen molar-refractivity contribution >= 4 is 12.1 Å². The van der Waals surface area contributed by atoms with Gasteiger partial charge >= 0.3 is 18.2 Å². The molecule has 0 saturated carbocycles. The Balaban J connectivity index is 2.99. The van der Waals surface area contributed by atoms with E-state index in [9.17, 15) is 27.9 Å². The van der Waals surface area contributed by atoms with Crippen LogP contribution in [0.5, 0.6) is 0 Å². The number of carboxylic acid groups (broad SMARTS) is 1. The molecule has 0 aliphatic heterocycles. The molecular weight excluding hydrogens is 327 g/mol. The quantitative estimate of drug-likeness (QED) is 0.904. The van der Waals surface area contributed by atoms with Gasteiger partial charge in [0.25, 0.3) is 0 Å². The molecule has 1 unspecified atom stereocenters. The number of halogens is 3. The number of nitrogens with zero attached hydrogens (tertiary/aromatic N) is 1. The van der Waals surface area contributed by atoms with E-state index in [4.69, 9.17) is 4.74 Å². The molecule has 0 spiro atoms. The third kappa shape index (κ3) is 5.75. The van der Waals surface area contributed by atoms with Gasteiger partial charge in [-0.1, -0.05) is 18.2 Å². The number of likely N-dealkylation sites (N-methyl/N-ethyl adjacent to an activating group) is 1. The summed E-state index contributed by atoms with van der Waals surface area (Å²) in [5, 5.41) is 9.31. The molecular formula is C16H20F3NO4. The molecule has 0 radical (unpaired) electrons. The maximum Gasteiger partial charge on any atom is 0.416 e. The van der Waals surface area contributed by atoms with Gasteiger partial charge in [0, 0.05) is 13.5 Å². The molecule has 0 aliphatic carbocycles. The van der Waals surface area contributed by atoms with Gasteiger partial charge in [0.1, 0.15) is 11.6 Å². The number of benzene rings is 1. The lowest BCUT2D eigenvalue weighted by Gasteiger charge is -2.28. The van der Waals surface area contributed by atoms with Crippen molar-refractivity contribution < 1.29 is 32.6 Å². The summed E-state index contributed by atoms with van der Waals surface area (Å²) in [6, 6.07) is 3.01. The zero-order valence-corrected chi connectivity index (χ0v) is 13.8. The molecule has 0 aliphatic rings.